The molecule has 0 saturated heterocycles. The molecule has 0 radical (unpaired) electrons. The Hall–Kier alpha value is -3.21. The number of anilines is 1. The highest BCUT2D eigenvalue weighted by Crippen LogP contribution is 2.19. The number of aromatic nitrogens is 3. The summed E-state index contributed by atoms with van der Waals surface area (Å²) in [6.07, 6.45) is 0. The van der Waals surface area contributed by atoms with Gasteiger partial charge in [0, 0.05) is 6.07 Å². The van der Waals surface area contributed by atoms with Crippen LogP contribution in [0.25, 0.3) is 0 Å². The number of amides is 1. The zero-order chi connectivity index (χ0) is 20.1. The molecule has 0 unspecified atom stereocenters. The number of hydrogen-bond acceptors (Lipinski definition) is 6. The SMILES string of the molecule is Nn1c(COc2ccc(F)cc2)nnc1SCC(=O)Nc1cc(F)ccc1F. The van der Waals surface area contributed by atoms with Gasteiger partial charge < -0.3 is 15.9 Å². The number of benzene rings is 2. The summed E-state index contributed by atoms with van der Waals surface area (Å²) in [5, 5.41) is 10.2. The summed E-state index contributed by atoms with van der Waals surface area (Å²) in [5.41, 5.74) is -0.256. The monoisotopic (exact) mass is 409 g/mol. The fourth-order valence-electron chi connectivity index (χ4n) is 2.09. The fraction of sp³-hybridized carbons (Fsp3) is 0.118. The Morgan fingerprint density at radius 3 is 2.57 bits per heavy atom. The van der Waals surface area contributed by atoms with Crippen LogP contribution in [-0.4, -0.2) is 26.5 Å². The predicted octanol–water partition coefficient (Wildman–Crippen LogP) is 2.72. The molecule has 146 valence electrons. The van der Waals surface area contributed by atoms with Gasteiger partial charge in [0.15, 0.2) is 5.82 Å². The van der Waals surface area contributed by atoms with Crippen molar-refractivity contribution in [3.05, 3.63) is 65.7 Å². The van der Waals surface area contributed by atoms with Gasteiger partial charge >= 0.3 is 0 Å². The van der Waals surface area contributed by atoms with Crippen molar-refractivity contribution >= 4 is 23.4 Å². The van der Waals surface area contributed by atoms with Crippen LogP contribution < -0.4 is 15.9 Å². The first-order chi connectivity index (χ1) is 13.4. The van der Waals surface area contributed by atoms with Gasteiger partial charge in [0.25, 0.3) is 0 Å². The van der Waals surface area contributed by atoms with Crippen molar-refractivity contribution in [3.8, 4) is 5.75 Å². The second-order valence-corrected chi connectivity index (χ2v) is 6.41. The molecule has 3 rings (SSSR count). The van der Waals surface area contributed by atoms with E-state index in [9.17, 15) is 18.0 Å². The van der Waals surface area contributed by atoms with Crippen molar-refractivity contribution in [2.24, 2.45) is 0 Å². The Morgan fingerprint density at radius 1 is 1.11 bits per heavy atom. The molecular weight excluding hydrogens is 395 g/mol. The molecule has 1 amide bonds. The molecule has 7 nitrogen and oxygen atoms in total. The third kappa shape index (κ3) is 4.94. The molecule has 11 heteroatoms. The lowest BCUT2D eigenvalue weighted by Gasteiger charge is -2.07. The van der Waals surface area contributed by atoms with Crippen LogP contribution >= 0.6 is 11.8 Å². The lowest BCUT2D eigenvalue weighted by atomic mass is 10.3. The summed E-state index contributed by atoms with van der Waals surface area (Å²) < 4.78 is 46.1. The summed E-state index contributed by atoms with van der Waals surface area (Å²) in [7, 11) is 0. The molecule has 2 aromatic carbocycles. The van der Waals surface area contributed by atoms with Crippen molar-refractivity contribution in [1.82, 2.24) is 14.9 Å². The first-order valence-electron chi connectivity index (χ1n) is 7.88. The average Bonchev–Trinajstić information content (AvgIpc) is 3.02. The maximum Gasteiger partial charge on any atom is 0.234 e. The molecule has 3 aromatic rings. The molecule has 0 saturated carbocycles. The minimum Gasteiger partial charge on any atom is -0.486 e. The van der Waals surface area contributed by atoms with Gasteiger partial charge in [0.05, 0.1) is 11.4 Å². The highest BCUT2D eigenvalue weighted by Gasteiger charge is 2.14. The fourth-order valence-corrected chi connectivity index (χ4v) is 2.77. The van der Waals surface area contributed by atoms with E-state index >= 15 is 0 Å². The molecule has 0 aliphatic carbocycles. The maximum atomic E-state index is 13.5. The molecule has 0 spiro atoms. The lowest BCUT2D eigenvalue weighted by Crippen LogP contribution is -2.18. The summed E-state index contributed by atoms with van der Waals surface area (Å²) in [4.78, 5) is 11.9. The summed E-state index contributed by atoms with van der Waals surface area (Å²) in [5.74, 6) is 4.05. The van der Waals surface area contributed by atoms with Crippen molar-refractivity contribution in [2.75, 3.05) is 16.9 Å². The van der Waals surface area contributed by atoms with Gasteiger partial charge in [-0.2, -0.15) is 0 Å². The summed E-state index contributed by atoms with van der Waals surface area (Å²) in [6.45, 7) is -0.0175. The van der Waals surface area contributed by atoms with Crippen molar-refractivity contribution in [3.63, 3.8) is 0 Å². The van der Waals surface area contributed by atoms with Crippen LogP contribution in [0.1, 0.15) is 5.82 Å². The largest absolute Gasteiger partial charge is 0.486 e. The number of hydrogen-bond donors (Lipinski definition) is 2. The molecule has 0 bridgehead atoms. The number of rotatable bonds is 7. The second-order valence-electron chi connectivity index (χ2n) is 5.47. The van der Waals surface area contributed by atoms with Crippen molar-refractivity contribution in [2.45, 2.75) is 11.8 Å². The van der Waals surface area contributed by atoms with Crippen LogP contribution in [0, 0.1) is 17.5 Å². The van der Waals surface area contributed by atoms with Gasteiger partial charge in [-0.25, -0.2) is 17.8 Å². The van der Waals surface area contributed by atoms with E-state index in [4.69, 9.17) is 10.6 Å². The highest BCUT2D eigenvalue weighted by molar-refractivity contribution is 7.99. The number of ether oxygens (including phenoxy) is 1. The summed E-state index contributed by atoms with van der Waals surface area (Å²) >= 11 is 0.960. The minimum atomic E-state index is -0.748. The number of carbonyl (C=O) groups excluding carboxylic acids is 1. The zero-order valence-corrected chi connectivity index (χ0v) is 15.0. The highest BCUT2D eigenvalue weighted by atomic mass is 32.2. The number of nitrogens with one attached hydrogen (secondary N) is 1. The molecular formula is C17H14F3N5O2S. The maximum absolute atomic E-state index is 13.5. The molecule has 1 heterocycles. The number of thioether (sulfide) groups is 1. The van der Waals surface area contributed by atoms with Gasteiger partial charge in [-0.3, -0.25) is 4.79 Å². The van der Waals surface area contributed by atoms with E-state index in [1.54, 1.807) is 0 Å². The van der Waals surface area contributed by atoms with Crippen LogP contribution in [0.4, 0.5) is 18.9 Å². The Kier molecular flexibility index (Phi) is 6.04. The van der Waals surface area contributed by atoms with Gasteiger partial charge in [0.1, 0.15) is 29.8 Å². The first-order valence-corrected chi connectivity index (χ1v) is 8.86. The van der Waals surface area contributed by atoms with E-state index in [0.717, 1.165) is 34.6 Å². The normalized spacial score (nSPS) is 10.7. The van der Waals surface area contributed by atoms with Gasteiger partial charge in [-0.15, -0.1) is 10.2 Å². The topological polar surface area (TPSA) is 95.1 Å². The van der Waals surface area contributed by atoms with Crippen LogP contribution in [-0.2, 0) is 11.4 Å². The molecule has 1 aromatic heterocycles. The smallest absolute Gasteiger partial charge is 0.234 e. The van der Waals surface area contributed by atoms with Gasteiger partial charge in [-0.05, 0) is 36.4 Å². The molecule has 0 fully saturated rings. The van der Waals surface area contributed by atoms with Crippen molar-refractivity contribution < 1.29 is 22.7 Å². The van der Waals surface area contributed by atoms with E-state index in [-0.39, 0.29) is 34.8 Å². The molecule has 3 N–H and O–H groups in total. The number of nitrogens with two attached hydrogens (primary N) is 1. The Bertz CT molecular complexity index is 981. The average molecular weight is 409 g/mol. The lowest BCUT2D eigenvalue weighted by molar-refractivity contribution is -0.113. The predicted molar refractivity (Wildman–Crippen MR) is 96.6 cm³/mol. The van der Waals surface area contributed by atoms with E-state index in [1.165, 1.54) is 24.3 Å². The zero-order valence-electron chi connectivity index (χ0n) is 14.2. The van der Waals surface area contributed by atoms with Gasteiger partial charge in [0.2, 0.25) is 11.1 Å². The van der Waals surface area contributed by atoms with E-state index in [2.05, 4.69) is 15.5 Å². The third-order valence-corrected chi connectivity index (χ3v) is 4.39. The molecule has 0 atom stereocenters. The van der Waals surface area contributed by atoms with Crippen LogP contribution in [0.15, 0.2) is 47.6 Å². The van der Waals surface area contributed by atoms with E-state index in [0.29, 0.717) is 5.75 Å². The number of nitrogens with zero attached hydrogens (tertiary/aromatic N) is 3. The van der Waals surface area contributed by atoms with Gasteiger partial charge in [-0.1, -0.05) is 11.8 Å². The Balaban J connectivity index is 1.54. The quantitative estimate of drug-likeness (QED) is 0.460. The van der Waals surface area contributed by atoms with Crippen LogP contribution in [0.2, 0.25) is 0 Å². The Morgan fingerprint density at radius 2 is 1.82 bits per heavy atom. The van der Waals surface area contributed by atoms with E-state index in [1.807, 2.05) is 0 Å². The first kappa shape index (κ1) is 19.5. The number of halogens is 3. The number of nitrogen functional groups attached to an aromatic ring is 1. The van der Waals surface area contributed by atoms with Crippen LogP contribution in [0.3, 0.4) is 0 Å². The molecule has 28 heavy (non-hydrogen) atoms. The summed E-state index contributed by atoms with van der Waals surface area (Å²) in [6, 6.07) is 8.17. The Labute approximate surface area is 161 Å². The second kappa shape index (κ2) is 8.65. The molecule has 0 aliphatic rings. The number of carbonyl (C=O) groups is 1. The van der Waals surface area contributed by atoms with E-state index < -0.39 is 17.5 Å². The third-order valence-electron chi connectivity index (χ3n) is 3.45. The standard InChI is InChI=1S/C17H14F3N5O2S/c18-10-1-4-12(5-2-10)27-8-15-23-24-17(25(15)21)28-9-16(26)22-14-7-11(19)3-6-13(14)20/h1-7H,8-9,21H2,(H,22,26). The molecule has 0 aliphatic heterocycles. The van der Waals surface area contributed by atoms with Crippen molar-refractivity contribution in [1.29, 1.82) is 0 Å². The minimum absolute atomic E-state index is 0.0175. The van der Waals surface area contributed by atoms with Crippen LogP contribution in [0.5, 0.6) is 5.75 Å².